The summed E-state index contributed by atoms with van der Waals surface area (Å²) in [4.78, 5) is 62.0. The minimum absolute atomic E-state index is 0.00996. The van der Waals surface area contributed by atoms with Crippen LogP contribution in [0.25, 0.3) is 16.7 Å². The zero-order valence-electron chi connectivity index (χ0n) is 35.7. The highest BCUT2D eigenvalue weighted by Crippen LogP contribution is 2.52. The minimum atomic E-state index is -1.19. The maximum Gasteiger partial charge on any atom is 0.408 e. The topological polar surface area (TPSA) is 184 Å². The van der Waals surface area contributed by atoms with Gasteiger partial charge in [-0.15, -0.1) is 5.10 Å². The summed E-state index contributed by atoms with van der Waals surface area (Å²) in [6.07, 6.45) is 4.18. The number of alkyl carbamates (subject to hydrolysis) is 1. The van der Waals surface area contributed by atoms with Crippen LogP contribution in [0.15, 0.2) is 30.5 Å². The third kappa shape index (κ3) is 9.09. The Bertz CT molecular complexity index is 2100. The summed E-state index contributed by atoms with van der Waals surface area (Å²) in [5.41, 5.74) is -1.57. The van der Waals surface area contributed by atoms with Crippen LogP contribution >= 0.6 is 11.6 Å². The summed E-state index contributed by atoms with van der Waals surface area (Å²) >= 11 is 6.97. The van der Waals surface area contributed by atoms with Crippen LogP contribution in [0.1, 0.15) is 80.1 Å². The Morgan fingerprint density at radius 1 is 1.00 bits per heavy atom. The van der Waals surface area contributed by atoms with Gasteiger partial charge in [-0.1, -0.05) is 45.7 Å². The van der Waals surface area contributed by atoms with Crippen LogP contribution in [0, 0.1) is 23.2 Å². The number of likely N-dealkylation sites (tertiary alicyclic amines) is 1. The maximum atomic E-state index is 14.8. The number of nitrogens with one attached hydrogen (secondary N) is 3. The number of anilines is 1. The summed E-state index contributed by atoms with van der Waals surface area (Å²) in [5.74, 6) is 1.42. The monoisotopic (exact) mass is 851 g/mol. The van der Waals surface area contributed by atoms with Crippen LogP contribution in [0.2, 0.25) is 5.02 Å². The number of carbonyl (C=O) groups is 4. The lowest BCUT2D eigenvalue weighted by atomic mass is 9.85. The maximum absolute atomic E-state index is 14.8. The SMILES string of the molecule is CC[C@@H]1C[C@]1(NC(=O)[C@@H]1C[C@@H](Oc2cc(-n3ccc(NC(C)C)n3)nc3c(Cl)c(OCCOC)ccc23)CN1C(=O)[C@@H](NC(=O)OC1C[C@@H]2C[C@@H]2C1)C(C)(C)C)C(=O)OC. The second kappa shape index (κ2) is 17.3. The molecule has 7 rings (SSSR count). The first-order chi connectivity index (χ1) is 28.5. The van der Waals surface area contributed by atoms with Crippen LogP contribution < -0.4 is 25.4 Å². The van der Waals surface area contributed by atoms with Gasteiger partial charge in [0, 0.05) is 43.3 Å². The van der Waals surface area contributed by atoms with Gasteiger partial charge >= 0.3 is 12.1 Å². The minimum Gasteiger partial charge on any atom is -0.490 e. The molecule has 3 aliphatic carbocycles. The van der Waals surface area contributed by atoms with Crippen molar-refractivity contribution in [3.63, 3.8) is 0 Å². The lowest BCUT2D eigenvalue weighted by Crippen LogP contribution is -2.59. The Morgan fingerprint density at radius 3 is 2.40 bits per heavy atom. The number of hydrogen-bond acceptors (Lipinski definition) is 12. The number of carbonyl (C=O) groups excluding carboxylic acids is 4. The average Bonchev–Trinajstić information content (AvgIpc) is 3.86. The summed E-state index contributed by atoms with van der Waals surface area (Å²) in [6.45, 7) is 12.1. The van der Waals surface area contributed by atoms with E-state index in [2.05, 4.69) is 21.0 Å². The Hall–Kier alpha value is -4.83. The summed E-state index contributed by atoms with van der Waals surface area (Å²) in [6, 6.07) is 5.13. The summed E-state index contributed by atoms with van der Waals surface area (Å²) in [5, 5.41) is 14.6. The normalized spacial score (nSPS) is 26.0. The molecule has 8 atom stereocenters. The van der Waals surface area contributed by atoms with E-state index in [0.29, 0.717) is 65.3 Å². The van der Waals surface area contributed by atoms with E-state index < -0.39 is 53.0 Å². The first-order valence-electron chi connectivity index (χ1n) is 21.0. The number of benzene rings is 1. The highest BCUT2D eigenvalue weighted by molar-refractivity contribution is 6.36. The van der Waals surface area contributed by atoms with Gasteiger partial charge in [0.25, 0.3) is 0 Å². The highest BCUT2D eigenvalue weighted by atomic mass is 35.5. The molecule has 3 saturated carbocycles. The molecule has 0 radical (unpaired) electrons. The van der Waals surface area contributed by atoms with Gasteiger partial charge in [-0.05, 0) is 74.8 Å². The molecule has 1 unspecified atom stereocenters. The van der Waals surface area contributed by atoms with Crippen LogP contribution in [-0.2, 0) is 28.6 Å². The van der Waals surface area contributed by atoms with Gasteiger partial charge in [0.2, 0.25) is 11.8 Å². The Morgan fingerprint density at radius 2 is 1.75 bits per heavy atom. The number of methoxy groups -OCH3 is 2. The van der Waals surface area contributed by atoms with Crippen LogP contribution in [0.4, 0.5) is 10.6 Å². The zero-order valence-corrected chi connectivity index (χ0v) is 36.5. The molecule has 0 bridgehead atoms. The van der Waals surface area contributed by atoms with Crippen molar-refractivity contribution < 1.29 is 42.9 Å². The molecular formula is C43H58ClN7O9. The van der Waals surface area contributed by atoms with Crippen LogP contribution in [0.5, 0.6) is 11.5 Å². The highest BCUT2D eigenvalue weighted by Gasteiger charge is 2.62. The second-order valence-electron chi connectivity index (χ2n) is 18.0. The molecule has 3 N–H and O–H groups in total. The Kier molecular flexibility index (Phi) is 12.5. The molecule has 3 heterocycles. The largest absolute Gasteiger partial charge is 0.490 e. The predicted octanol–water partition coefficient (Wildman–Crippen LogP) is 5.67. The number of pyridine rings is 1. The van der Waals surface area contributed by atoms with E-state index in [9.17, 15) is 19.2 Å². The third-order valence-electron chi connectivity index (χ3n) is 12.1. The molecule has 4 aliphatic rings. The van der Waals surface area contributed by atoms with Crippen LogP contribution in [0.3, 0.4) is 0 Å². The molecule has 16 nitrogen and oxygen atoms in total. The van der Waals surface area contributed by atoms with Gasteiger partial charge in [0.1, 0.15) is 58.8 Å². The molecule has 17 heteroatoms. The van der Waals surface area contributed by atoms with Gasteiger partial charge < -0.3 is 44.5 Å². The van der Waals surface area contributed by atoms with Crippen molar-refractivity contribution in [3.8, 4) is 17.3 Å². The predicted molar refractivity (Wildman–Crippen MR) is 223 cm³/mol. The number of rotatable bonds is 16. The van der Waals surface area contributed by atoms with E-state index in [-0.39, 0.29) is 42.7 Å². The fourth-order valence-electron chi connectivity index (χ4n) is 8.77. The molecule has 1 saturated heterocycles. The molecule has 3 aromatic rings. The molecule has 1 aromatic carbocycles. The molecule has 326 valence electrons. The second-order valence-corrected chi connectivity index (χ2v) is 18.4. The number of amides is 3. The van der Waals surface area contributed by atoms with Crippen molar-refractivity contribution in [2.24, 2.45) is 23.2 Å². The van der Waals surface area contributed by atoms with Gasteiger partial charge in [-0.25, -0.2) is 19.3 Å². The van der Waals surface area contributed by atoms with Gasteiger partial charge in [-0.3, -0.25) is 9.59 Å². The number of hydrogen-bond donors (Lipinski definition) is 3. The molecular weight excluding hydrogens is 794 g/mol. The lowest BCUT2D eigenvalue weighted by molar-refractivity contribution is -0.148. The van der Waals surface area contributed by atoms with E-state index >= 15 is 0 Å². The number of esters is 1. The van der Waals surface area contributed by atoms with Crippen molar-refractivity contribution in [1.29, 1.82) is 0 Å². The quantitative estimate of drug-likeness (QED) is 0.119. The number of nitrogens with zero attached hydrogens (tertiary/aromatic N) is 4. The van der Waals surface area contributed by atoms with E-state index in [1.165, 1.54) is 18.4 Å². The number of fused-ring (bicyclic) bond motifs is 2. The Balaban J connectivity index is 1.21. The Labute approximate surface area is 355 Å². The van der Waals surface area contributed by atoms with E-state index in [1.807, 2.05) is 47.6 Å². The lowest BCUT2D eigenvalue weighted by Gasteiger charge is -2.35. The number of ether oxygens (including phenoxy) is 5. The fraction of sp³-hybridized carbons (Fsp3) is 0.628. The average molecular weight is 852 g/mol. The first kappa shape index (κ1) is 43.3. The molecule has 60 heavy (non-hydrogen) atoms. The molecule has 3 amide bonds. The summed E-state index contributed by atoms with van der Waals surface area (Å²) < 4.78 is 30.4. The molecule has 2 aromatic heterocycles. The van der Waals surface area contributed by atoms with Crippen LogP contribution in [-0.4, -0.2) is 113 Å². The van der Waals surface area contributed by atoms with Crippen molar-refractivity contribution >= 4 is 52.2 Å². The summed E-state index contributed by atoms with van der Waals surface area (Å²) in [7, 11) is 2.88. The van der Waals surface area contributed by atoms with E-state index in [4.69, 9.17) is 40.3 Å². The van der Waals surface area contributed by atoms with Crippen molar-refractivity contribution in [2.45, 2.75) is 116 Å². The van der Waals surface area contributed by atoms with Gasteiger partial charge in [0.15, 0.2) is 5.82 Å². The van der Waals surface area contributed by atoms with E-state index in [0.717, 1.165) is 12.8 Å². The van der Waals surface area contributed by atoms with Gasteiger partial charge in [0.05, 0.1) is 25.8 Å². The fourth-order valence-corrected chi connectivity index (χ4v) is 9.03. The molecule has 1 aliphatic heterocycles. The van der Waals surface area contributed by atoms with Crippen molar-refractivity contribution in [3.05, 3.63) is 35.5 Å². The van der Waals surface area contributed by atoms with Crippen molar-refractivity contribution in [1.82, 2.24) is 30.3 Å². The molecule has 4 fully saturated rings. The third-order valence-corrected chi connectivity index (χ3v) is 12.5. The van der Waals surface area contributed by atoms with Crippen molar-refractivity contribution in [2.75, 3.05) is 39.3 Å². The number of halogens is 1. The first-order valence-corrected chi connectivity index (χ1v) is 21.3. The smallest absolute Gasteiger partial charge is 0.408 e. The number of aromatic nitrogens is 3. The van der Waals surface area contributed by atoms with E-state index in [1.54, 1.807) is 36.2 Å². The standard InChI is InChI=1S/C43H58ClN7O9/c1-9-26-21-43(26,40(54)57-8)48-38(52)30-19-28(22-50(30)39(53)37(42(4,5)6)47-41(55)60-27-17-24-16-25(24)18-27)59-32-20-34(51-13-12-33(49-51)45-23(2)3)46-36-29(32)10-11-31(35(36)44)58-15-14-56-7/h10-13,20,23-28,30,37H,9,14-19,21-22H2,1-8H3,(H,45,49)(H,47,55)(H,48,52)/t24-,25+,26-,27?,28-,30+,37-,43-/m1/s1. The molecule has 0 spiro atoms. The van der Waals surface area contributed by atoms with Gasteiger partial charge in [-0.2, -0.15) is 0 Å². The zero-order chi connectivity index (χ0) is 43.1.